The standard InChI is InChI=1S/C7H12O/c1-2-3-4-7-5-6-8-7/h2-3,7H,4-6H2,1H3. The summed E-state index contributed by atoms with van der Waals surface area (Å²) >= 11 is 0. The molecular formula is C7H12O. The average molecular weight is 112 g/mol. The van der Waals surface area contributed by atoms with Crippen molar-refractivity contribution in [2.75, 3.05) is 6.61 Å². The molecule has 0 N–H and O–H groups in total. The third-order valence-corrected chi connectivity index (χ3v) is 1.43. The Kier molecular flexibility index (Phi) is 2.10. The second-order valence-electron chi connectivity index (χ2n) is 2.09. The van der Waals surface area contributed by atoms with Gasteiger partial charge in [-0.3, -0.25) is 0 Å². The van der Waals surface area contributed by atoms with Crippen LogP contribution >= 0.6 is 0 Å². The average Bonchev–Trinajstić information content (AvgIpc) is 1.63. The van der Waals surface area contributed by atoms with Crippen LogP contribution in [0.5, 0.6) is 0 Å². The van der Waals surface area contributed by atoms with Crippen LogP contribution in [0.2, 0.25) is 0 Å². The van der Waals surface area contributed by atoms with Crippen LogP contribution in [0.4, 0.5) is 0 Å². The Labute approximate surface area is 50.3 Å². The van der Waals surface area contributed by atoms with Gasteiger partial charge in [0.1, 0.15) is 0 Å². The third kappa shape index (κ3) is 1.34. The van der Waals surface area contributed by atoms with E-state index in [-0.39, 0.29) is 0 Å². The summed E-state index contributed by atoms with van der Waals surface area (Å²) in [5.74, 6) is 0. The highest BCUT2D eigenvalue weighted by Gasteiger charge is 2.15. The number of ether oxygens (including phenoxy) is 1. The van der Waals surface area contributed by atoms with Gasteiger partial charge in [0.05, 0.1) is 6.10 Å². The lowest BCUT2D eigenvalue weighted by Gasteiger charge is -2.24. The lowest BCUT2D eigenvalue weighted by atomic mass is 10.1. The Morgan fingerprint density at radius 3 is 2.88 bits per heavy atom. The first-order valence-electron chi connectivity index (χ1n) is 3.16. The van der Waals surface area contributed by atoms with E-state index < -0.39 is 0 Å². The normalized spacial score (nSPS) is 28.4. The second kappa shape index (κ2) is 2.88. The lowest BCUT2D eigenvalue weighted by Crippen LogP contribution is -2.25. The summed E-state index contributed by atoms with van der Waals surface area (Å²) in [6.45, 7) is 3.01. The van der Waals surface area contributed by atoms with E-state index in [9.17, 15) is 0 Å². The largest absolute Gasteiger partial charge is 0.378 e. The molecule has 1 atom stereocenters. The lowest BCUT2D eigenvalue weighted by molar-refractivity contribution is -0.0476. The summed E-state index contributed by atoms with van der Waals surface area (Å²) in [5.41, 5.74) is 0. The molecular weight excluding hydrogens is 100 g/mol. The van der Waals surface area contributed by atoms with Gasteiger partial charge in [0.2, 0.25) is 0 Å². The summed E-state index contributed by atoms with van der Waals surface area (Å²) in [6.07, 6.45) is 7.14. The van der Waals surface area contributed by atoms with E-state index in [2.05, 4.69) is 12.2 Å². The van der Waals surface area contributed by atoms with E-state index in [1.807, 2.05) is 6.92 Å². The number of rotatable bonds is 2. The highest BCUT2D eigenvalue weighted by Crippen LogP contribution is 2.14. The van der Waals surface area contributed by atoms with Gasteiger partial charge in [-0.15, -0.1) is 0 Å². The molecule has 0 bridgehead atoms. The number of hydrogen-bond acceptors (Lipinski definition) is 1. The Morgan fingerprint density at radius 1 is 1.75 bits per heavy atom. The van der Waals surface area contributed by atoms with Gasteiger partial charge in [0.25, 0.3) is 0 Å². The minimum atomic E-state index is 0.547. The summed E-state index contributed by atoms with van der Waals surface area (Å²) in [5, 5.41) is 0. The van der Waals surface area contributed by atoms with Crippen molar-refractivity contribution >= 4 is 0 Å². The fraction of sp³-hybridized carbons (Fsp3) is 0.714. The predicted octanol–water partition coefficient (Wildman–Crippen LogP) is 1.74. The highest BCUT2D eigenvalue weighted by atomic mass is 16.5. The maximum atomic E-state index is 5.18. The molecule has 1 heteroatoms. The van der Waals surface area contributed by atoms with Crippen molar-refractivity contribution in [1.82, 2.24) is 0 Å². The number of hydrogen-bond donors (Lipinski definition) is 0. The van der Waals surface area contributed by atoms with Crippen molar-refractivity contribution in [2.45, 2.75) is 25.9 Å². The molecule has 0 aromatic carbocycles. The molecule has 1 heterocycles. The topological polar surface area (TPSA) is 9.23 Å². The summed E-state index contributed by atoms with van der Waals surface area (Å²) in [4.78, 5) is 0. The summed E-state index contributed by atoms with van der Waals surface area (Å²) < 4.78 is 5.18. The Morgan fingerprint density at radius 2 is 2.50 bits per heavy atom. The minimum absolute atomic E-state index is 0.547. The zero-order valence-corrected chi connectivity index (χ0v) is 5.26. The minimum Gasteiger partial charge on any atom is -0.378 e. The van der Waals surface area contributed by atoms with Crippen LogP contribution in [-0.4, -0.2) is 12.7 Å². The maximum absolute atomic E-state index is 5.18. The van der Waals surface area contributed by atoms with E-state index in [0.29, 0.717) is 6.10 Å². The fourth-order valence-electron chi connectivity index (χ4n) is 0.758. The Hall–Kier alpha value is -0.300. The van der Waals surface area contributed by atoms with E-state index >= 15 is 0 Å². The quantitative estimate of drug-likeness (QED) is 0.494. The summed E-state index contributed by atoms with van der Waals surface area (Å²) in [6, 6.07) is 0. The molecule has 0 aliphatic carbocycles. The van der Waals surface area contributed by atoms with Crippen LogP contribution in [0.3, 0.4) is 0 Å². The Balaban J connectivity index is 2.01. The van der Waals surface area contributed by atoms with Crippen LogP contribution in [0.25, 0.3) is 0 Å². The molecule has 0 radical (unpaired) electrons. The van der Waals surface area contributed by atoms with E-state index in [0.717, 1.165) is 13.0 Å². The Bertz CT molecular complexity index is 82.4. The molecule has 1 aliphatic rings. The smallest absolute Gasteiger partial charge is 0.0631 e. The molecule has 1 aliphatic heterocycles. The van der Waals surface area contributed by atoms with Gasteiger partial charge in [0, 0.05) is 6.61 Å². The molecule has 1 rings (SSSR count). The predicted molar refractivity (Wildman–Crippen MR) is 33.8 cm³/mol. The molecule has 1 unspecified atom stereocenters. The molecule has 0 saturated carbocycles. The molecule has 1 nitrogen and oxygen atoms in total. The van der Waals surface area contributed by atoms with E-state index in [4.69, 9.17) is 4.74 Å². The molecule has 0 aromatic rings. The van der Waals surface area contributed by atoms with Crippen LogP contribution in [-0.2, 0) is 4.74 Å². The molecule has 1 fully saturated rings. The van der Waals surface area contributed by atoms with Crippen molar-refractivity contribution in [1.29, 1.82) is 0 Å². The second-order valence-corrected chi connectivity index (χ2v) is 2.09. The highest BCUT2D eigenvalue weighted by molar-refractivity contribution is 4.83. The van der Waals surface area contributed by atoms with Crippen LogP contribution in [0, 0.1) is 0 Å². The van der Waals surface area contributed by atoms with Crippen LogP contribution < -0.4 is 0 Å². The van der Waals surface area contributed by atoms with Gasteiger partial charge in [-0.2, -0.15) is 0 Å². The summed E-state index contributed by atoms with van der Waals surface area (Å²) in [7, 11) is 0. The van der Waals surface area contributed by atoms with Crippen LogP contribution in [0.1, 0.15) is 19.8 Å². The molecule has 0 aromatic heterocycles. The maximum Gasteiger partial charge on any atom is 0.0631 e. The van der Waals surface area contributed by atoms with Crippen molar-refractivity contribution in [3.05, 3.63) is 12.2 Å². The molecule has 0 spiro atoms. The van der Waals surface area contributed by atoms with E-state index in [1.54, 1.807) is 0 Å². The van der Waals surface area contributed by atoms with E-state index in [1.165, 1.54) is 6.42 Å². The van der Waals surface area contributed by atoms with Gasteiger partial charge in [0.15, 0.2) is 0 Å². The third-order valence-electron chi connectivity index (χ3n) is 1.43. The van der Waals surface area contributed by atoms with Gasteiger partial charge in [-0.05, 0) is 19.8 Å². The zero-order valence-electron chi connectivity index (χ0n) is 5.26. The number of allylic oxidation sites excluding steroid dienone is 1. The van der Waals surface area contributed by atoms with Gasteiger partial charge in [-0.1, -0.05) is 12.2 Å². The first-order chi connectivity index (χ1) is 3.93. The molecule has 8 heavy (non-hydrogen) atoms. The molecule has 1 saturated heterocycles. The fourth-order valence-corrected chi connectivity index (χ4v) is 0.758. The van der Waals surface area contributed by atoms with Crippen molar-refractivity contribution in [3.63, 3.8) is 0 Å². The van der Waals surface area contributed by atoms with Gasteiger partial charge < -0.3 is 4.74 Å². The zero-order chi connectivity index (χ0) is 5.82. The molecule has 0 amide bonds. The van der Waals surface area contributed by atoms with Crippen molar-refractivity contribution in [2.24, 2.45) is 0 Å². The van der Waals surface area contributed by atoms with Gasteiger partial charge >= 0.3 is 0 Å². The van der Waals surface area contributed by atoms with Gasteiger partial charge in [-0.25, -0.2) is 0 Å². The van der Waals surface area contributed by atoms with Crippen molar-refractivity contribution < 1.29 is 4.74 Å². The van der Waals surface area contributed by atoms with Crippen LogP contribution in [0.15, 0.2) is 12.2 Å². The SMILES string of the molecule is CC=CCC1CCO1. The first kappa shape index (κ1) is 5.83. The molecule has 46 valence electrons. The van der Waals surface area contributed by atoms with Crippen molar-refractivity contribution in [3.8, 4) is 0 Å². The first-order valence-corrected chi connectivity index (χ1v) is 3.16. The monoisotopic (exact) mass is 112 g/mol.